The smallest absolute Gasteiger partial charge is 0.277 e. The Hall–Kier alpha value is -2.92. The second-order valence-electron chi connectivity index (χ2n) is 6.32. The third kappa shape index (κ3) is 5.78. The molecular weight excluding hydrogens is 401 g/mol. The normalized spacial score (nSPS) is 15.8. The van der Waals surface area contributed by atoms with Gasteiger partial charge >= 0.3 is 0 Å². The Labute approximate surface area is 169 Å². The van der Waals surface area contributed by atoms with E-state index in [1.54, 1.807) is 0 Å². The molecule has 1 aliphatic heterocycles. The van der Waals surface area contributed by atoms with Gasteiger partial charge in [-0.05, 0) is 37.1 Å². The minimum absolute atomic E-state index is 0.0381. The number of nitrogen functional groups attached to an aromatic ring is 1. The summed E-state index contributed by atoms with van der Waals surface area (Å²) >= 11 is 1.01. The number of benzene rings is 1. The molecule has 5 N–H and O–H groups in total. The standard InChI is InChI=1S/C18H20FN5O4S/c19-11-5-3-10(4-6-11)16(26)22-14-15(20)23-18(24-17(14)27)29-9-13(25)21-8-12-2-1-7-28-12/h3-6,12H,1-2,7-9H2,(H,21,25)(H,22,26)(H3,20,23,24,27)/t12-/m1/s1. The maximum absolute atomic E-state index is 13.0. The summed E-state index contributed by atoms with van der Waals surface area (Å²) in [6.07, 6.45) is 1.95. The third-order valence-electron chi connectivity index (χ3n) is 4.16. The Bertz CT molecular complexity index is 944. The molecule has 2 heterocycles. The van der Waals surface area contributed by atoms with Crippen molar-refractivity contribution in [2.24, 2.45) is 0 Å². The summed E-state index contributed by atoms with van der Waals surface area (Å²) in [4.78, 5) is 42.8. The fourth-order valence-corrected chi connectivity index (χ4v) is 3.36. The zero-order chi connectivity index (χ0) is 20.8. The average Bonchev–Trinajstić information content (AvgIpc) is 3.21. The number of nitrogens with one attached hydrogen (secondary N) is 3. The second kappa shape index (κ2) is 9.52. The summed E-state index contributed by atoms with van der Waals surface area (Å²) in [6, 6.07) is 4.82. The summed E-state index contributed by atoms with van der Waals surface area (Å²) < 4.78 is 18.4. The molecule has 3 rings (SSSR count). The van der Waals surface area contributed by atoms with Gasteiger partial charge in [0.25, 0.3) is 11.5 Å². The van der Waals surface area contributed by atoms with Crippen LogP contribution in [0.5, 0.6) is 0 Å². The number of halogens is 1. The number of ether oxygens (including phenoxy) is 1. The summed E-state index contributed by atoms with van der Waals surface area (Å²) in [5.74, 6) is -1.48. The summed E-state index contributed by atoms with van der Waals surface area (Å²) in [6.45, 7) is 1.16. The Morgan fingerprint density at radius 1 is 1.34 bits per heavy atom. The van der Waals surface area contributed by atoms with Crippen molar-refractivity contribution < 1.29 is 18.7 Å². The van der Waals surface area contributed by atoms with Gasteiger partial charge in [0.1, 0.15) is 11.5 Å². The zero-order valence-corrected chi connectivity index (χ0v) is 16.2. The zero-order valence-electron chi connectivity index (χ0n) is 15.4. The topological polar surface area (TPSA) is 139 Å². The fourth-order valence-electron chi connectivity index (χ4n) is 2.66. The minimum Gasteiger partial charge on any atom is -0.382 e. The third-order valence-corrected chi connectivity index (χ3v) is 5.03. The van der Waals surface area contributed by atoms with E-state index in [1.807, 2.05) is 0 Å². The number of thioether (sulfide) groups is 1. The molecular formula is C18H20FN5O4S. The molecule has 0 aliphatic carbocycles. The molecule has 1 saturated heterocycles. The van der Waals surface area contributed by atoms with E-state index in [2.05, 4.69) is 20.6 Å². The van der Waals surface area contributed by atoms with Crippen LogP contribution in [0, 0.1) is 5.82 Å². The van der Waals surface area contributed by atoms with Crippen LogP contribution in [0.25, 0.3) is 0 Å². The van der Waals surface area contributed by atoms with Gasteiger partial charge in [0, 0.05) is 18.7 Å². The fraction of sp³-hybridized carbons (Fsp3) is 0.333. The molecule has 0 unspecified atom stereocenters. The quantitative estimate of drug-likeness (QED) is 0.388. The number of rotatable bonds is 7. The van der Waals surface area contributed by atoms with Crippen LogP contribution in [0.1, 0.15) is 23.2 Å². The first-order chi connectivity index (χ1) is 13.9. The van der Waals surface area contributed by atoms with Crippen LogP contribution >= 0.6 is 11.8 Å². The van der Waals surface area contributed by atoms with Crippen molar-refractivity contribution >= 4 is 35.1 Å². The number of hydrogen-bond donors (Lipinski definition) is 4. The van der Waals surface area contributed by atoms with Crippen molar-refractivity contribution in [3.05, 3.63) is 46.0 Å². The Kier molecular flexibility index (Phi) is 6.83. The van der Waals surface area contributed by atoms with Crippen LogP contribution in [0.3, 0.4) is 0 Å². The predicted molar refractivity (Wildman–Crippen MR) is 106 cm³/mol. The van der Waals surface area contributed by atoms with Crippen molar-refractivity contribution in [1.82, 2.24) is 15.3 Å². The predicted octanol–water partition coefficient (Wildman–Crippen LogP) is 1.13. The summed E-state index contributed by atoms with van der Waals surface area (Å²) in [7, 11) is 0. The number of aromatic nitrogens is 2. The van der Waals surface area contributed by atoms with Crippen LogP contribution in [0.15, 0.2) is 34.2 Å². The molecule has 0 spiro atoms. The molecule has 154 valence electrons. The van der Waals surface area contributed by atoms with Crippen LogP contribution in [-0.4, -0.2) is 46.8 Å². The molecule has 0 radical (unpaired) electrons. The van der Waals surface area contributed by atoms with Crippen molar-refractivity contribution in [1.29, 1.82) is 0 Å². The monoisotopic (exact) mass is 421 g/mol. The Morgan fingerprint density at radius 3 is 2.76 bits per heavy atom. The molecule has 0 bridgehead atoms. The number of carbonyl (C=O) groups excluding carboxylic acids is 2. The molecule has 9 nitrogen and oxygen atoms in total. The van der Waals surface area contributed by atoms with Crippen LogP contribution in [0.2, 0.25) is 0 Å². The lowest BCUT2D eigenvalue weighted by Crippen LogP contribution is -2.33. The van der Waals surface area contributed by atoms with E-state index in [9.17, 15) is 18.8 Å². The molecule has 1 aliphatic rings. The number of H-pyrrole nitrogens is 1. The van der Waals surface area contributed by atoms with E-state index in [0.717, 1.165) is 36.7 Å². The van der Waals surface area contributed by atoms with E-state index >= 15 is 0 Å². The molecule has 1 aromatic heterocycles. The highest BCUT2D eigenvalue weighted by Gasteiger charge is 2.17. The summed E-state index contributed by atoms with van der Waals surface area (Å²) in [5, 5.41) is 5.28. The highest BCUT2D eigenvalue weighted by molar-refractivity contribution is 7.99. The van der Waals surface area contributed by atoms with Gasteiger partial charge in [0.05, 0.1) is 11.9 Å². The Morgan fingerprint density at radius 2 is 2.10 bits per heavy atom. The molecule has 29 heavy (non-hydrogen) atoms. The van der Waals surface area contributed by atoms with Gasteiger partial charge in [-0.1, -0.05) is 11.8 Å². The lowest BCUT2D eigenvalue weighted by molar-refractivity contribution is -0.119. The van der Waals surface area contributed by atoms with Gasteiger partial charge in [-0.3, -0.25) is 19.4 Å². The maximum atomic E-state index is 13.0. The first-order valence-electron chi connectivity index (χ1n) is 8.90. The second-order valence-corrected chi connectivity index (χ2v) is 7.28. The highest BCUT2D eigenvalue weighted by Crippen LogP contribution is 2.17. The molecule has 2 amide bonds. The maximum Gasteiger partial charge on any atom is 0.277 e. The van der Waals surface area contributed by atoms with Gasteiger partial charge in [0.15, 0.2) is 11.0 Å². The van der Waals surface area contributed by atoms with Crippen LogP contribution < -0.4 is 21.9 Å². The largest absolute Gasteiger partial charge is 0.382 e. The Balaban J connectivity index is 1.57. The van der Waals surface area contributed by atoms with Gasteiger partial charge in [-0.2, -0.15) is 0 Å². The molecule has 1 aromatic carbocycles. The molecule has 1 atom stereocenters. The number of amides is 2. The van der Waals surface area contributed by atoms with E-state index in [0.29, 0.717) is 13.2 Å². The van der Waals surface area contributed by atoms with Crippen molar-refractivity contribution in [3.8, 4) is 0 Å². The first kappa shape index (κ1) is 20.8. The molecule has 0 saturated carbocycles. The molecule has 2 aromatic rings. The number of nitrogens with two attached hydrogens (primary N) is 1. The lowest BCUT2D eigenvalue weighted by Gasteiger charge is -2.11. The van der Waals surface area contributed by atoms with Crippen LogP contribution in [0.4, 0.5) is 15.9 Å². The van der Waals surface area contributed by atoms with Gasteiger partial charge in [-0.25, -0.2) is 9.37 Å². The average molecular weight is 421 g/mol. The highest BCUT2D eigenvalue weighted by atomic mass is 32.2. The minimum atomic E-state index is -0.657. The van der Waals surface area contributed by atoms with Gasteiger partial charge < -0.3 is 21.1 Å². The number of carbonyl (C=O) groups is 2. The van der Waals surface area contributed by atoms with E-state index in [4.69, 9.17) is 10.5 Å². The molecule has 11 heteroatoms. The summed E-state index contributed by atoms with van der Waals surface area (Å²) in [5.41, 5.74) is 5.07. The number of anilines is 2. The van der Waals surface area contributed by atoms with E-state index in [-0.39, 0.29) is 40.0 Å². The van der Waals surface area contributed by atoms with E-state index < -0.39 is 17.3 Å². The number of nitrogens with zero attached hydrogens (tertiary/aromatic N) is 1. The number of aromatic amines is 1. The first-order valence-corrected chi connectivity index (χ1v) is 9.88. The van der Waals surface area contributed by atoms with Crippen LogP contribution in [-0.2, 0) is 9.53 Å². The van der Waals surface area contributed by atoms with Gasteiger partial charge in [-0.15, -0.1) is 0 Å². The van der Waals surface area contributed by atoms with Crippen molar-refractivity contribution in [2.75, 3.05) is 30.0 Å². The lowest BCUT2D eigenvalue weighted by atomic mass is 10.2. The molecule has 1 fully saturated rings. The van der Waals surface area contributed by atoms with Crippen molar-refractivity contribution in [2.45, 2.75) is 24.1 Å². The van der Waals surface area contributed by atoms with Crippen molar-refractivity contribution in [3.63, 3.8) is 0 Å². The SMILES string of the molecule is Nc1nc(SCC(=O)NC[C@H]2CCCO2)[nH]c(=O)c1NC(=O)c1ccc(F)cc1. The van der Waals surface area contributed by atoms with Gasteiger partial charge in [0.2, 0.25) is 5.91 Å². The number of hydrogen-bond acceptors (Lipinski definition) is 7. The van der Waals surface area contributed by atoms with E-state index in [1.165, 1.54) is 12.1 Å².